The van der Waals surface area contributed by atoms with Gasteiger partial charge in [-0.3, -0.25) is 4.98 Å². The lowest BCUT2D eigenvalue weighted by Crippen LogP contribution is -2.02. The molecule has 0 N–H and O–H groups in total. The van der Waals surface area contributed by atoms with E-state index >= 15 is 0 Å². The van der Waals surface area contributed by atoms with E-state index in [-0.39, 0.29) is 0 Å². The molecule has 0 atom stereocenters. The Bertz CT molecular complexity index is 337. The first-order chi connectivity index (χ1) is 6.29. The molecule has 0 aliphatic heterocycles. The van der Waals surface area contributed by atoms with E-state index in [0.717, 1.165) is 12.8 Å². The minimum atomic E-state index is 0.597. The van der Waals surface area contributed by atoms with Gasteiger partial charge in [-0.15, -0.1) is 0 Å². The normalized spacial score (nSPS) is 14.7. The lowest BCUT2D eigenvalue weighted by atomic mass is 9.92. The van der Waals surface area contributed by atoms with Crippen LogP contribution in [-0.2, 0) is 6.42 Å². The van der Waals surface area contributed by atoms with Gasteiger partial charge in [0.05, 0.1) is 0 Å². The molecule has 13 heavy (non-hydrogen) atoms. The van der Waals surface area contributed by atoms with Crippen molar-refractivity contribution < 1.29 is 0 Å². The average molecular weight is 173 g/mol. The zero-order valence-electron chi connectivity index (χ0n) is 8.25. The van der Waals surface area contributed by atoms with Gasteiger partial charge in [-0.1, -0.05) is 26.0 Å². The molecule has 0 fully saturated rings. The van der Waals surface area contributed by atoms with Gasteiger partial charge in [0.25, 0.3) is 0 Å². The number of hydrogen-bond acceptors (Lipinski definition) is 1. The summed E-state index contributed by atoms with van der Waals surface area (Å²) in [5.74, 6) is 0.597. The Balaban J connectivity index is 2.54. The average Bonchev–Trinajstić information content (AvgIpc) is 2.17. The van der Waals surface area contributed by atoms with Crippen molar-refractivity contribution in [2.75, 3.05) is 0 Å². The highest BCUT2D eigenvalue weighted by Gasteiger charge is 2.11. The van der Waals surface area contributed by atoms with Gasteiger partial charge in [-0.25, -0.2) is 0 Å². The Labute approximate surface area is 79.5 Å². The number of nitrogens with zero attached hydrogens (tertiary/aromatic N) is 1. The summed E-state index contributed by atoms with van der Waals surface area (Å²) in [5, 5.41) is 0. The Morgan fingerprint density at radius 3 is 3.00 bits per heavy atom. The predicted molar refractivity (Wildman–Crippen MR) is 55.7 cm³/mol. The van der Waals surface area contributed by atoms with E-state index in [2.05, 4.69) is 37.0 Å². The summed E-state index contributed by atoms with van der Waals surface area (Å²) in [6.07, 6.45) is 8.65. The second-order valence-electron chi connectivity index (χ2n) is 3.86. The van der Waals surface area contributed by atoms with Crippen molar-refractivity contribution in [1.29, 1.82) is 0 Å². The number of aryl methyl sites for hydroxylation is 1. The maximum Gasteiger partial charge on any atom is 0.0481 e. The van der Waals surface area contributed by atoms with Crippen molar-refractivity contribution in [3.05, 3.63) is 35.2 Å². The van der Waals surface area contributed by atoms with Crippen LogP contribution in [0.5, 0.6) is 0 Å². The number of rotatable bonds is 1. The molecule has 0 amide bonds. The van der Waals surface area contributed by atoms with Crippen molar-refractivity contribution in [2.45, 2.75) is 32.6 Å². The van der Waals surface area contributed by atoms with Crippen LogP contribution in [0.4, 0.5) is 0 Å². The molecule has 0 unspecified atom stereocenters. The molecule has 0 saturated heterocycles. The molecule has 1 aliphatic carbocycles. The molecule has 1 aromatic rings. The first-order valence-electron chi connectivity index (χ1n) is 4.93. The number of hydrogen-bond donors (Lipinski definition) is 0. The summed E-state index contributed by atoms with van der Waals surface area (Å²) in [4.78, 5) is 4.41. The third kappa shape index (κ3) is 1.51. The van der Waals surface area contributed by atoms with Crippen LogP contribution in [0.2, 0.25) is 0 Å². The van der Waals surface area contributed by atoms with Crippen LogP contribution in [0.25, 0.3) is 6.08 Å². The second kappa shape index (κ2) is 3.33. The predicted octanol–water partition coefficient (Wildman–Crippen LogP) is 3.16. The number of allylic oxidation sites excluding steroid dienone is 1. The van der Waals surface area contributed by atoms with E-state index in [0.29, 0.717) is 5.92 Å². The van der Waals surface area contributed by atoms with E-state index < -0.39 is 0 Å². The van der Waals surface area contributed by atoms with Crippen LogP contribution in [-0.4, -0.2) is 4.98 Å². The lowest BCUT2D eigenvalue weighted by Gasteiger charge is -2.15. The van der Waals surface area contributed by atoms with Gasteiger partial charge in [-0.05, 0) is 36.0 Å². The van der Waals surface area contributed by atoms with E-state index in [4.69, 9.17) is 0 Å². The van der Waals surface area contributed by atoms with Gasteiger partial charge in [0, 0.05) is 11.9 Å². The molecule has 1 nitrogen and oxygen atoms in total. The van der Waals surface area contributed by atoms with Crippen LogP contribution < -0.4 is 0 Å². The van der Waals surface area contributed by atoms with Crippen molar-refractivity contribution in [3.63, 3.8) is 0 Å². The molecule has 1 aliphatic rings. The maximum absolute atomic E-state index is 4.41. The van der Waals surface area contributed by atoms with E-state index in [9.17, 15) is 0 Å². The molecule has 2 rings (SSSR count). The molecule has 0 saturated carbocycles. The van der Waals surface area contributed by atoms with E-state index in [1.807, 2.05) is 6.20 Å². The maximum atomic E-state index is 4.41. The molecule has 0 bridgehead atoms. The summed E-state index contributed by atoms with van der Waals surface area (Å²) in [6, 6.07) is 2.14. The minimum absolute atomic E-state index is 0.597. The summed E-state index contributed by atoms with van der Waals surface area (Å²) in [5.41, 5.74) is 4.07. The zero-order chi connectivity index (χ0) is 9.26. The number of fused-ring (bicyclic) bond motifs is 1. The Morgan fingerprint density at radius 1 is 1.38 bits per heavy atom. The largest absolute Gasteiger partial charge is 0.261 e. The fourth-order valence-corrected chi connectivity index (χ4v) is 1.85. The van der Waals surface area contributed by atoms with Gasteiger partial charge < -0.3 is 0 Å². The standard InChI is InChI=1S/C12H15N/c1-9(2)10-7-8-13-12-6-4-3-5-11(10)12/h3,5,7-9H,4,6H2,1-2H3. The molecule has 68 valence electrons. The number of aromatic nitrogens is 1. The van der Waals surface area contributed by atoms with Crippen molar-refractivity contribution >= 4 is 6.08 Å². The molecule has 0 aromatic carbocycles. The van der Waals surface area contributed by atoms with Gasteiger partial charge in [0.2, 0.25) is 0 Å². The molecule has 1 aromatic heterocycles. The van der Waals surface area contributed by atoms with Crippen LogP contribution in [0.3, 0.4) is 0 Å². The molecule has 1 heterocycles. The Hall–Kier alpha value is -1.11. The molecular formula is C12H15N. The topological polar surface area (TPSA) is 12.9 Å². The second-order valence-corrected chi connectivity index (χ2v) is 3.86. The van der Waals surface area contributed by atoms with Crippen molar-refractivity contribution in [2.24, 2.45) is 0 Å². The first-order valence-corrected chi connectivity index (χ1v) is 4.93. The van der Waals surface area contributed by atoms with Gasteiger partial charge in [0.15, 0.2) is 0 Å². The third-order valence-electron chi connectivity index (χ3n) is 2.56. The SMILES string of the molecule is CC(C)c1ccnc2c1C=CCC2. The molecule has 1 heteroatoms. The highest BCUT2D eigenvalue weighted by molar-refractivity contribution is 5.58. The smallest absolute Gasteiger partial charge is 0.0481 e. The molecular weight excluding hydrogens is 158 g/mol. The lowest BCUT2D eigenvalue weighted by molar-refractivity contribution is 0.836. The van der Waals surface area contributed by atoms with Crippen LogP contribution in [0, 0.1) is 0 Å². The van der Waals surface area contributed by atoms with Crippen LogP contribution >= 0.6 is 0 Å². The Kier molecular flexibility index (Phi) is 2.17. The third-order valence-corrected chi connectivity index (χ3v) is 2.56. The van der Waals surface area contributed by atoms with E-state index in [1.54, 1.807) is 0 Å². The van der Waals surface area contributed by atoms with E-state index in [1.165, 1.54) is 16.8 Å². The summed E-state index contributed by atoms with van der Waals surface area (Å²) in [6.45, 7) is 4.47. The highest BCUT2D eigenvalue weighted by atomic mass is 14.7. The molecule has 0 radical (unpaired) electrons. The van der Waals surface area contributed by atoms with Crippen LogP contribution in [0.15, 0.2) is 18.3 Å². The quantitative estimate of drug-likeness (QED) is 0.635. The molecule has 0 spiro atoms. The summed E-state index contributed by atoms with van der Waals surface area (Å²) >= 11 is 0. The monoisotopic (exact) mass is 173 g/mol. The van der Waals surface area contributed by atoms with Gasteiger partial charge in [0.1, 0.15) is 0 Å². The van der Waals surface area contributed by atoms with Crippen molar-refractivity contribution in [3.8, 4) is 0 Å². The fourth-order valence-electron chi connectivity index (χ4n) is 1.85. The van der Waals surface area contributed by atoms with Gasteiger partial charge in [-0.2, -0.15) is 0 Å². The van der Waals surface area contributed by atoms with Gasteiger partial charge >= 0.3 is 0 Å². The summed E-state index contributed by atoms with van der Waals surface area (Å²) < 4.78 is 0. The minimum Gasteiger partial charge on any atom is -0.261 e. The zero-order valence-corrected chi connectivity index (χ0v) is 8.25. The highest BCUT2D eigenvalue weighted by Crippen LogP contribution is 2.25. The fraction of sp³-hybridized carbons (Fsp3) is 0.417. The number of pyridine rings is 1. The van der Waals surface area contributed by atoms with Crippen molar-refractivity contribution in [1.82, 2.24) is 4.98 Å². The Morgan fingerprint density at radius 2 is 2.23 bits per heavy atom. The summed E-state index contributed by atoms with van der Waals surface area (Å²) in [7, 11) is 0. The first kappa shape index (κ1) is 8.49. The van der Waals surface area contributed by atoms with Crippen LogP contribution in [0.1, 0.15) is 43.0 Å².